The highest BCUT2D eigenvalue weighted by atomic mass is 19.1. The number of hydrogen-bond acceptors (Lipinski definition) is 5. The van der Waals surface area contributed by atoms with Crippen LogP contribution >= 0.6 is 0 Å². The normalized spacial score (nSPS) is 23.3. The maximum atomic E-state index is 15.1. The molecule has 134 valence electrons. The summed E-state index contributed by atoms with van der Waals surface area (Å²) in [5.74, 6) is 0.0859. The van der Waals surface area contributed by atoms with Crippen LogP contribution in [0.4, 0.5) is 20.2 Å². The highest BCUT2D eigenvalue weighted by molar-refractivity contribution is 6.11. The van der Waals surface area contributed by atoms with Gasteiger partial charge in [-0.1, -0.05) is 6.58 Å². The molecular weight excluding hydrogens is 324 g/mol. The first kappa shape index (κ1) is 16.3. The van der Waals surface area contributed by atoms with Gasteiger partial charge in [0.1, 0.15) is 11.7 Å². The summed E-state index contributed by atoms with van der Waals surface area (Å²) >= 11 is 0. The Labute approximate surface area is 146 Å². The standard InChI is InChI=1S/C18H23F2N5/c1-10-14(19)16-13-17(15(10)20)24(5)11(2)21-18(13)25-7-6-22(3)8-12(25)9-23(16)4/h12H,2,6-9H2,1,3-5H3. The molecule has 0 aliphatic carbocycles. The van der Waals surface area contributed by atoms with E-state index in [9.17, 15) is 0 Å². The molecule has 3 heterocycles. The summed E-state index contributed by atoms with van der Waals surface area (Å²) in [6.07, 6.45) is 0. The van der Waals surface area contributed by atoms with E-state index in [0.717, 1.165) is 19.6 Å². The first-order valence-electron chi connectivity index (χ1n) is 8.50. The van der Waals surface area contributed by atoms with Crippen molar-refractivity contribution in [2.45, 2.75) is 13.0 Å². The Morgan fingerprint density at radius 2 is 1.72 bits per heavy atom. The summed E-state index contributed by atoms with van der Waals surface area (Å²) < 4.78 is 30.1. The van der Waals surface area contributed by atoms with Crippen molar-refractivity contribution in [3.63, 3.8) is 0 Å². The lowest BCUT2D eigenvalue weighted by Gasteiger charge is -2.42. The lowest BCUT2D eigenvalue weighted by molar-refractivity contribution is 0.156. The molecule has 1 aromatic carbocycles. The molecule has 4 rings (SSSR count). The second-order valence-corrected chi connectivity index (χ2v) is 7.23. The average molecular weight is 347 g/mol. The molecule has 1 fully saturated rings. The fraction of sp³-hybridized carbons (Fsp3) is 0.500. The van der Waals surface area contributed by atoms with Gasteiger partial charge in [-0.05, 0) is 14.0 Å². The molecule has 0 aromatic heterocycles. The molecule has 3 aliphatic heterocycles. The molecule has 0 amide bonds. The van der Waals surface area contributed by atoms with Crippen molar-refractivity contribution in [3.8, 4) is 0 Å². The van der Waals surface area contributed by atoms with Crippen molar-refractivity contribution >= 4 is 17.2 Å². The third-order valence-corrected chi connectivity index (χ3v) is 5.55. The van der Waals surface area contributed by atoms with Crippen LogP contribution in [0.1, 0.15) is 11.1 Å². The van der Waals surface area contributed by atoms with Crippen LogP contribution in [0.5, 0.6) is 0 Å². The predicted molar refractivity (Wildman–Crippen MR) is 96.4 cm³/mol. The monoisotopic (exact) mass is 347 g/mol. The SMILES string of the molecule is C=C1N=C2c3c(c(F)c(C)c(F)c3N1C)N(C)CC1CN(C)CCN21. The lowest BCUT2D eigenvalue weighted by atomic mass is 10.0. The molecule has 1 saturated heterocycles. The Morgan fingerprint density at radius 1 is 1.04 bits per heavy atom. The Hall–Kier alpha value is -2.15. The van der Waals surface area contributed by atoms with Crippen molar-refractivity contribution in [1.29, 1.82) is 0 Å². The van der Waals surface area contributed by atoms with Crippen LogP contribution in [0.15, 0.2) is 17.4 Å². The van der Waals surface area contributed by atoms with Gasteiger partial charge in [-0.15, -0.1) is 0 Å². The van der Waals surface area contributed by atoms with Gasteiger partial charge in [-0.2, -0.15) is 0 Å². The highest BCUT2D eigenvalue weighted by Crippen LogP contribution is 2.43. The van der Waals surface area contributed by atoms with Crippen LogP contribution in [-0.4, -0.2) is 69.0 Å². The van der Waals surface area contributed by atoms with Crippen molar-refractivity contribution in [2.75, 3.05) is 57.1 Å². The summed E-state index contributed by atoms with van der Waals surface area (Å²) in [7, 11) is 5.68. The number of fused-ring (bicyclic) bond motifs is 2. The number of likely N-dealkylation sites (N-methyl/N-ethyl adjacent to an activating group) is 2. The number of nitrogens with zero attached hydrogens (tertiary/aromatic N) is 5. The number of piperazine rings is 1. The molecule has 0 N–H and O–H groups in total. The van der Waals surface area contributed by atoms with Crippen LogP contribution in [-0.2, 0) is 0 Å². The predicted octanol–water partition coefficient (Wildman–Crippen LogP) is 2.01. The molecule has 1 atom stereocenters. The van der Waals surface area contributed by atoms with Gasteiger partial charge in [0.05, 0.1) is 23.0 Å². The summed E-state index contributed by atoms with van der Waals surface area (Å²) in [5, 5.41) is 0. The van der Waals surface area contributed by atoms with Gasteiger partial charge >= 0.3 is 0 Å². The van der Waals surface area contributed by atoms with E-state index in [1.165, 1.54) is 6.92 Å². The number of anilines is 2. The van der Waals surface area contributed by atoms with Crippen LogP contribution in [0.3, 0.4) is 0 Å². The summed E-state index contributed by atoms with van der Waals surface area (Å²) in [6.45, 7) is 8.65. The number of amidine groups is 1. The Balaban J connectivity index is 2.03. The van der Waals surface area contributed by atoms with E-state index in [1.807, 2.05) is 11.9 Å². The number of halogens is 2. The second kappa shape index (κ2) is 5.42. The minimum Gasteiger partial charge on any atom is -0.369 e. The van der Waals surface area contributed by atoms with Crippen molar-refractivity contribution in [2.24, 2.45) is 4.99 Å². The van der Waals surface area contributed by atoms with Crippen molar-refractivity contribution < 1.29 is 8.78 Å². The minimum absolute atomic E-state index is 0.0403. The van der Waals surface area contributed by atoms with E-state index in [1.54, 1.807) is 11.9 Å². The number of rotatable bonds is 0. The maximum Gasteiger partial charge on any atom is 0.153 e. The van der Waals surface area contributed by atoms with E-state index in [0.29, 0.717) is 35.1 Å². The van der Waals surface area contributed by atoms with E-state index in [2.05, 4.69) is 28.4 Å². The van der Waals surface area contributed by atoms with E-state index in [-0.39, 0.29) is 11.6 Å². The molecule has 0 saturated carbocycles. The second-order valence-electron chi connectivity index (χ2n) is 7.23. The third-order valence-electron chi connectivity index (χ3n) is 5.55. The maximum absolute atomic E-state index is 15.1. The lowest BCUT2D eigenvalue weighted by Crippen LogP contribution is -2.56. The highest BCUT2D eigenvalue weighted by Gasteiger charge is 2.41. The molecule has 0 spiro atoms. The summed E-state index contributed by atoms with van der Waals surface area (Å²) in [4.78, 5) is 12.6. The fourth-order valence-corrected chi connectivity index (χ4v) is 4.11. The van der Waals surface area contributed by atoms with Crippen molar-refractivity contribution in [1.82, 2.24) is 9.80 Å². The smallest absolute Gasteiger partial charge is 0.153 e. The van der Waals surface area contributed by atoms with Gasteiger partial charge in [0, 0.05) is 45.8 Å². The molecule has 1 aromatic rings. The number of hydrogen-bond donors (Lipinski definition) is 0. The summed E-state index contributed by atoms with van der Waals surface area (Å²) in [5.41, 5.74) is 1.39. The first-order chi connectivity index (χ1) is 11.8. The van der Waals surface area contributed by atoms with Crippen LogP contribution in [0, 0.1) is 18.6 Å². The quantitative estimate of drug-likeness (QED) is 0.717. The molecule has 0 bridgehead atoms. The molecule has 1 unspecified atom stereocenters. The van der Waals surface area contributed by atoms with Gasteiger partial charge in [0.25, 0.3) is 0 Å². The zero-order valence-electron chi connectivity index (χ0n) is 15.1. The van der Waals surface area contributed by atoms with Crippen LogP contribution < -0.4 is 9.80 Å². The van der Waals surface area contributed by atoms with Gasteiger partial charge in [0.2, 0.25) is 0 Å². The molecule has 25 heavy (non-hydrogen) atoms. The molecule has 0 radical (unpaired) electrons. The minimum atomic E-state index is -0.534. The largest absolute Gasteiger partial charge is 0.369 e. The number of aliphatic imine (C=N–C) groups is 1. The Bertz CT molecular complexity index is 803. The van der Waals surface area contributed by atoms with E-state index < -0.39 is 11.6 Å². The number of benzene rings is 1. The average Bonchev–Trinajstić information content (AvgIpc) is 2.67. The zero-order valence-corrected chi connectivity index (χ0v) is 15.1. The molecule has 5 nitrogen and oxygen atoms in total. The third kappa shape index (κ3) is 2.18. The van der Waals surface area contributed by atoms with Crippen molar-refractivity contribution in [3.05, 3.63) is 35.2 Å². The van der Waals surface area contributed by atoms with E-state index >= 15 is 8.78 Å². The topological polar surface area (TPSA) is 25.3 Å². The van der Waals surface area contributed by atoms with E-state index in [4.69, 9.17) is 0 Å². The summed E-state index contributed by atoms with van der Waals surface area (Å²) in [6, 6.07) is 0.168. The van der Waals surface area contributed by atoms with Crippen LogP contribution in [0.2, 0.25) is 0 Å². The van der Waals surface area contributed by atoms with Gasteiger partial charge < -0.3 is 19.6 Å². The fourth-order valence-electron chi connectivity index (χ4n) is 4.11. The molecule has 3 aliphatic rings. The van der Waals surface area contributed by atoms with Gasteiger partial charge in [0.15, 0.2) is 11.6 Å². The Kier molecular flexibility index (Phi) is 3.54. The Morgan fingerprint density at radius 3 is 2.44 bits per heavy atom. The zero-order chi connectivity index (χ0) is 18.0. The van der Waals surface area contributed by atoms with Crippen LogP contribution in [0.25, 0.3) is 0 Å². The molecular formula is C18H23F2N5. The first-order valence-corrected chi connectivity index (χ1v) is 8.50. The van der Waals surface area contributed by atoms with Gasteiger partial charge in [-0.25, -0.2) is 13.8 Å². The molecule has 7 heteroatoms. The van der Waals surface area contributed by atoms with Gasteiger partial charge in [-0.3, -0.25) is 0 Å².